The van der Waals surface area contributed by atoms with Gasteiger partial charge in [-0.1, -0.05) is 18.2 Å². The number of aromatic nitrogens is 1. The molecule has 0 spiro atoms. The second kappa shape index (κ2) is 8.74. The number of aliphatic hydroxyl groups is 1. The molecule has 0 radical (unpaired) electrons. The third-order valence-electron chi connectivity index (χ3n) is 5.39. The fourth-order valence-electron chi connectivity index (χ4n) is 3.74. The molecule has 0 aliphatic heterocycles. The van der Waals surface area contributed by atoms with Crippen LogP contribution >= 0.6 is 0 Å². The van der Waals surface area contributed by atoms with E-state index < -0.39 is 17.3 Å². The Hall–Kier alpha value is -3.00. The number of benzene rings is 2. The third-order valence-corrected chi connectivity index (χ3v) is 5.39. The van der Waals surface area contributed by atoms with Crippen LogP contribution in [0.4, 0.5) is 13.2 Å². The van der Waals surface area contributed by atoms with E-state index in [0.717, 1.165) is 16.5 Å². The summed E-state index contributed by atoms with van der Waals surface area (Å²) in [6.07, 6.45) is -4.83. The molecular weight excluding hydrogens is 433 g/mol. The average molecular weight is 463 g/mol. The minimum Gasteiger partial charge on any atom is -0.405 e. The minimum atomic E-state index is -4.83. The number of rotatable bonds is 6. The Balaban J connectivity index is 2.13. The minimum absolute atomic E-state index is 0.131. The second-order valence-corrected chi connectivity index (χ2v) is 9.55. The first-order chi connectivity index (χ1) is 15.2. The summed E-state index contributed by atoms with van der Waals surface area (Å²) in [5.74, 6) is -0.453. The molecule has 8 heteroatoms. The van der Waals surface area contributed by atoms with E-state index in [2.05, 4.69) is 10.1 Å². The fraction of sp³-hybridized carbons (Fsp3) is 0.400. The number of alkyl halides is 3. The quantitative estimate of drug-likeness (QED) is 0.516. The number of amides is 1. The molecule has 0 saturated heterocycles. The van der Waals surface area contributed by atoms with Crippen LogP contribution in [0.5, 0.6) is 5.75 Å². The van der Waals surface area contributed by atoms with E-state index in [1.54, 1.807) is 22.8 Å². The van der Waals surface area contributed by atoms with E-state index >= 15 is 0 Å². The molecule has 2 aromatic carbocycles. The number of para-hydroxylation sites is 1. The van der Waals surface area contributed by atoms with Crippen molar-refractivity contribution in [3.05, 3.63) is 54.1 Å². The number of hydrogen-bond acceptors (Lipinski definition) is 3. The van der Waals surface area contributed by atoms with Gasteiger partial charge in [0.05, 0.1) is 17.7 Å². The lowest BCUT2D eigenvalue weighted by Crippen LogP contribution is -2.48. The molecule has 0 saturated carbocycles. The summed E-state index contributed by atoms with van der Waals surface area (Å²) in [6.45, 7) is 9.37. The summed E-state index contributed by atoms with van der Waals surface area (Å²) in [5.41, 5.74) is 1.01. The molecule has 2 N–H and O–H groups in total. The summed E-state index contributed by atoms with van der Waals surface area (Å²) < 4.78 is 44.9. The maximum absolute atomic E-state index is 13.0. The summed E-state index contributed by atoms with van der Waals surface area (Å²) in [5, 5.41) is 13.3. The van der Waals surface area contributed by atoms with Gasteiger partial charge in [-0.05, 0) is 70.5 Å². The molecule has 0 bridgehead atoms. The van der Waals surface area contributed by atoms with Gasteiger partial charge < -0.3 is 19.7 Å². The number of nitrogens with zero attached hydrogens (tertiary/aromatic N) is 1. The lowest BCUT2D eigenvalue weighted by molar-refractivity contribution is -0.274. The summed E-state index contributed by atoms with van der Waals surface area (Å²) in [6, 6.07) is 13.2. The Kier molecular flexibility index (Phi) is 6.53. The summed E-state index contributed by atoms with van der Waals surface area (Å²) in [7, 11) is 0. The fourth-order valence-corrected chi connectivity index (χ4v) is 3.74. The highest BCUT2D eigenvalue weighted by Crippen LogP contribution is 2.38. The third kappa shape index (κ3) is 5.50. The Morgan fingerprint density at radius 1 is 1.03 bits per heavy atom. The standard InChI is InChI=1S/C25H29F3N2O3/c1-23(2,3)29-22(32)24(4,5)17-10-11-19-16(14-17)15-20(30(19)12-13-31)18-8-6-7-9-21(18)33-25(26,27)28/h6-11,14-15,31H,12-13H2,1-5H3,(H,29,32). The lowest BCUT2D eigenvalue weighted by atomic mass is 9.82. The molecule has 0 aliphatic carbocycles. The van der Waals surface area contributed by atoms with Crippen molar-refractivity contribution in [1.29, 1.82) is 0 Å². The number of nitrogens with one attached hydrogen (secondary N) is 1. The van der Waals surface area contributed by atoms with Crippen molar-refractivity contribution in [2.24, 2.45) is 0 Å². The van der Waals surface area contributed by atoms with Crippen LogP contribution in [0.1, 0.15) is 40.2 Å². The van der Waals surface area contributed by atoms with Gasteiger partial charge >= 0.3 is 6.36 Å². The van der Waals surface area contributed by atoms with Crippen molar-refractivity contribution in [2.45, 2.75) is 58.5 Å². The van der Waals surface area contributed by atoms with Crippen LogP contribution in [0.2, 0.25) is 0 Å². The van der Waals surface area contributed by atoms with Gasteiger partial charge in [0.2, 0.25) is 5.91 Å². The molecule has 33 heavy (non-hydrogen) atoms. The van der Waals surface area contributed by atoms with Crippen LogP contribution in [0.25, 0.3) is 22.2 Å². The molecule has 178 valence electrons. The number of fused-ring (bicyclic) bond motifs is 1. The van der Waals surface area contributed by atoms with Crippen molar-refractivity contribution in [3.8, 4) is 17.0 Å². The maximum atomic E-state index is 13.0. The van der Waals surface area contributed by atoms with Crippen molar-refractivity contribution >= 4 is 16.8 Å². The SMILES string of the molecule is CC(C)(C)NC(=O)C(C)(C)c1ccc2c(c1)cc(-c1ccccc1OC(F)(F)F)n2CCO. The van der Waals surface area contributed by atoms with Gasteiger partial charge in [0, 0.05) is 28.6 Å². The first-order valence-corrected chi connectivity index (χ1v) is 10.7. The zero-order chi connectivity index (χ0) is 24.6. The topological polar surface area (TPSA) is 63.5 Å². The van der Waals surface area contributed by atoms with E-state index in [1.807, 2.05) is 52.8 Å². The molecule has 0 atom stereocenters. The Labute approximate surface area is 191 Å². The maximum Gasteiger partial charge on any atom is 0.573 e. The van der Waals surface area contributed by atoms with Gasteiger partial charge in [0.15, 0.2) is 0 Å². The van der Waals surface area contributed by atoms with Gasteiger partial charge in [-0.25, -0.2) is 0 Å². The predicted octanol–water partition coefficient (Wildman–Crippen LogP) is 5.39. The Morgan fingerprint density at radius 2 is 1.70 bits per heavy atom. The van der Waals surface area contributed by atoms with E-state index in [-0.39, 0.29) is 30.4 Å². The Morgan fingerprint density at radius 3 is 2.30 bits per heavy atom. The second-order valence-electron chi connectivity index (χ2n) is 9.55. The number of hydrogen-bond donors (Lipinski definition) is 2. The van der Waals surface area contributed by atoms with Crippen LogP contribution in [0.3, 0.4) is 0 Å². The largest absolute Gasteiger partial charge is 0.573 e. The molecule has 0 aliphatic rings. The van der Waals surface area contributed by atoms with Crippen molar-refractivity contribution in [3.63, 3.8) is 0 Å². The van der Waals surface area contributed by atoms with Crippen molar-refractivity contribution in [1.82, 2.24) is 9.88 Å². The first-order valence-electron chi connectivity index (χ1n) is 10.7. The molecule has 1 amide bonds. The highest BCUT2D eigenvalue weighted by molar-refractivity contribution is 5.92. The molecular formula is C25H29F3N2O3. The smallest absolute Gasteiger partial charge is 0.405 e. The summed E-state index contributed by atoms with van der Waals surface area (Å²) in [4.78, 5) is 12.9. The average Bonchev–Trinajstić information content (AvgIpc) is 3.04. The lowest BCUT2D eigenvalue weighted by Gasteiger charge is -2.30. The van der Waals surface area contributed by atoms with Crippen LogP contribution in [0, 0.1) is 0 Å². The molecule has 0 fully saturated rings. The number of aliphatic hydroxyl groups excluding tert-OH is 1. The van der Waals surface area contributed by atoms with Gasteiger partial charge in [-0.2, -0.15) is 0 Å². The number of carbonyl (C=O) groups is 1. The van der Waals surface area contributed by atoms with Crippen LogP contribution in [-0.4, -0.2) is 34.1 Å². The van der Waals surface area contributed by atoms with E-state index in [4.69, 9.17) is 0 Å². The van der Waals surface area contributed by atoms with Gasteiger partial charge in [-0.15, -0.1) is 13.2 Å². The van der Waals surface area contributed by atoms with Crippen molar-refractivity contribution in [2.75, 3.05) is 6.61 Å². The number of carbonyl (C=O) groups excluding carboxylic acids is 1. The molecule has 5 nitrogen and oxygen atoms in total. The predicted molar refractivity (Wildman–Crippen MR) is 122 cm³/mol. The molecule has 1 aromatic heterocycles. The van der Waals surface area contributed by atoms with Gasteiger partial charge in [0.1, 0.15) is 5.75 Å². The monoisotopic (exact) mass is 462 g/mol. The van der Waals surface area contributed by atoms with E-state index in [1.165, 1.54) is 12.1 Å². The normalized spacial score (nSPS) is 12.8. The van der Waals surface area contributed by atoms with Crippen LogP contribution < -0.4 is 10.1 Å². The Bertz CT molecular complexity index is 1160. The van der Waals surface area contributed by atoms with Crippen molar-refractivity contribution < 1.29 is 27.8 Å². The first kappa shape index (κ1) is 24.6. The zero-order valence-corrected chi connectivity index (χ0v) is 19.4. The zero-order valence-electron chi connectivity index (χ0n) is 19.4. The molecule has 0 unspecified atom stereocenters. The van der Waals surface area contributed by atoms with Crippen LogP contribution in [-0.2, 0) is 16.8 Å². The molecule has 3 rings (SSSR count). The number of ether oxygens (including phenoxy) is 1. The molecule has 3 aromatic rings. The van der Waals surface area contributed by atoms with Gasteiger partial charge in [-0.3, -0.25) is 4.79 Å². The summed E-state index contributed by atoms with van der Waals surface area (Å²) >= 11 is 0. The van der Waals surface area contributed by atoms with Crippen LogP contribution in [0.15, 0.2) is 48.5 Å². The number of halogens is 3. The highest BCUT2D eigenvalue weighted by atomic mass is 19.4. The van der Waals surface area contributed by atoms with E-state index in [0.29, 0.717) is 5.69 Å². The van der Waals surface area contributed by atoms with Gasteiger partial charge in [0.25, 0.3) is 0 Å². The van der Waals surface area contributed by atoms with E-state index in [9.17, 15) is 23.1 Å². The molecule has 1 heterocycles. The highest BCUT2D eigenvalue weighted by Gasteiger charge is 2.34.